The molecule has 1 N–H and O–H groups in total. The van der Waals surface area contributed by atoms with Gasteiger partial charge in [0.1, 0.15) is 12.3 Å². The van der Waals surface area contributed by atoms with Gasteiger partial charge in [0, 0.05) is 17.8 Å². The second-order valence-electron chi connectivity index (χ2n) is 7.00. The average molecular weight is 534 g/mol. The highest BCUT2D eigenvalue weighted by atomic mass is 79.9. The van der Waals surface area contributed by atoms with Gasteiger partial charge < -0.3 is 10.1 Å². The summed E-state index contributed by atoms with van der Waals surface area (Å²) in [5.74, 6) is -0.202. The van der Waals surface area contributed by atoms with Gasteiger partial charge in [0.05, 0.1) is 27.1 Å². The van der Waals surface area contributed by atoms with Crippen molar-refractivity contribution in [2.45, 2.75) is 11.8 Å². The molecule has 0 unspecified atom stereocenters. The number of nitro groups is 1. The molecule has 0 aromatic heterocycles. The number of sulfonamides is 1. The third kappa shape index (κ3) is 5.68. The Labute approximate surface area is 199 Å². The van der Waals surface area contributed by atoms with Gasteiger partial charge in [-0.05, 0) is 59.3 Å². The first kappa shape index (κ1) is 24.2. The Morgan fingerprint density at radius 1 is 1.12 bits per heavy atom. The van der Waals surface area contributed by atoms with Gasteiger partial charge in [-0.2, -0.15) is 0 Å². The van der Waals surface area contributed by atoms with Crippen molar-refractivity contribution in [2.24, 2.45) is 0 Å². The largest absolute Gasteiger partial charge is 0.496 e. The molecule has 9 nitrogen and oxygen atoms in total. The van der Waals surface area contributed by atoms with Gasteiger partial charge in [-0.15, -0.1) is 0 Å². The number of carbonyl (C=O) groups excluding carboxylic acids is 1. The summed E-state index contributed by atoms with van der Waals surface area (Å²) in [6, 6.07) is 16.4. The summed E-state index contributed by atoms with van der Waals surface area (Å²) in [5.41, 5.74) is 1.20. The third-order valence-corrected chi connectivity index (χ3v) is 7.05. The number of halogens is 1. The highest BCUT2D eigenvalue weighted by molar-refractivity contribution is 9.10. The average Bonchev–Trinajstić information content (AvgIpc) is 2.78. The smallest absolute Gasteiger partial charge is 0.271 e. The van der Waals surface area contributed by atoms with Crippen molar-refractivity contribution in [1.82, 2.24) is 0 Å². The summed E-state index contributed by atoms with van der Waals surface area (Å²) in [6.07, 6.45) is 0. The number of hydrogen-bond acceptors (Lipinski definition) is 6. The van der Waals surface area contributed by atoms with Gasteiger partial charge >= 0.3 is 0 Å². The van der Waals surface area contributed by atoms with E-state index in [9.17, 15) is 23.3 Å². The first-order valence-corrected chi connectivity index (χ1v) is 11.8. The van der Waals surface area contributed by atoms with E-state index in [0.29, 0.717) is 15.9 Å². The molecule has 172 valence electrons. The second kappa shape index (κ2) is 10.0. The van der Waals surface area contributed by atoms with Crippen LogP contribution in [0.15, 0.2) is 76.1 Å². The van der Waals surface area contributed by atoms with Crippen molar-refractivity contribution in [1.29, 1.82) is 0 Å². The van der Waals surface area contributed by atoms with Crippen LogP contribution in [0.2, 0.25) is 0 Å². The molecule has 3 aromatic rings. The van der Waals surface area contributed by atoms with Crippen LogP contribution in [0.5, 0.6) is 5.75 Å². The van der Waals surface area contributed by atoms with E-state index in [1.54, 1.807) is 24.3 Å². The minimum atomic E-state index is -4.14. The van der Waals surface area contributed by atoms with E-state index < -0.39 is 27.4 Å². The lowest BCUT2D eigenvalue weighted by atomic mass is 10.2. The number of nitro benzene ring substituents is 1. The fourth-order valence-corrected chi connectivity index (χ4v) is 5.13. The molecule has 0 bridgehead atoms. The first-order valence-electron chi connectivity index (χ1n) is 9.59. The minimum absolute atomic E-state index is 0.0427. The number of non-ortho nitro benzene ring substituents is 1. The zero-order chi connectivity index (χ0) is 24.2. The predicted octanol–water partition coefficient (Wildman–Crippen LogP) is 4.51. The highest BCUT2D eigenvalue weighted by Crippen LogP contribution is 2.31. The molecular weight excluding hydrogens is 514 g/mol. The Morgan fingerprint density at radius 3 is 2.42 bits per heavy atom. The molecule has 0 saturated heterocycles. The predicted molar refractivity (Wildman–Crippen MR) is 128 cm³/mol. The van der Waals surface area contributed by atoms with Crippen LogP contribution in [0.25, 0.3) is 0 Å². The lowest BCUT2D eigenvalue weighted by Gasteiger charge is -2.24. The summed E-state index contributed by atoms with van der Waals surface area (Å²) < 4.78 is 33.6. The van der Waals surface area contributed by atoms with E-state index >= 15 is 0 Å². The molecule has 33 heavy (non-hydrogen) atoms. The van der Waals surface area contributed by atoms with Gasteiger partial charge in [0.15, 0.2) is 0 Å². The van der Waals surface area contributed by atoms with E-state index in [0.717, 1.165) is 9.87 Å². The molecule has 3 aromatic carbocycles. The van der Waals surface area contributed by atoms with E-state index in [2.05, 4.69) is 21.2 Å². The van der Waals surface area contributed by atoms with E-state index in [1.807, 2.05) is 6.92 Å². The Morgan fingerprint density at radius 2 is 1.82 bits per heavy atom. The molecule has 0 aliphatic carbocycles. The van der Waals surface area contributed by atoms with Crippen molar-refractivity contribution in [2.75, 3.05) is 23.3 Å². The van der Waals surface area contributed by atoms with Crippen LogP contribution >= 0.6 is 15.9 Å². The number of ether oxygens (including phenoxy) is 1. The SMILES string of the molecule is COc1ccc(S(=O)(=O)N(CC(=O)Nc2cccc([N+](=O)[O-])c2)c2ccc(C)cc2)cc1Br. The quantitative estimate of drug-likeness (QED) is 0.336. The molecule has 1 amide bonds. The molecule has 11 heteroatoms. The van der Waals surface area contributed by atoms with Gasteiger partial charge in [0.2, 0.25) is 5.91 Å². The normalized spacial score (nSPS) is 11.0. The van der Waals surface area contributed by atoms with Crippen molar-refractivity contribution in [3.63, 3.8) is 0 Å². The molecule has 0 spiro atoms. The maximum atomic E-state index is 13.5. The summed E-state index contributed by atoms with van der Waals surface area (Å²) in [4.78, 5) is 23.1. The summed E-state index contributed by atoms with van der Waals surface area (Å²) in [7, 11) is -2.68. The van der Waals surface area contributed by atoms with Crippen LogP contribution in [0.4, 0.5) is 17.1 Å². The van der Waals surface area contributed by atoms with Crippen LogP contribution in [-0.4, -0.2) is 32.9 Å². The maximum Gasteiger partial charge on any atom is 0.271 e. The van der Waals surface area contributed by atoms with Gasteiger partial charge in [0.25, 0.3) is 15.7 Å². The minimum Gasteiger partial charge on any atom is -0.496 e. The standard InChI is InChI=1S/C22H20BrN3O6S/c1-15-6-8-17(9-7-15)25(33(30,31)19-10-11-21(32-2)20(23)13-19)14-22(27)24-16-4-3-5-18(12-16)26(28)29/h3-13H,14H2,1-2H3,(H,24,27). The van der Waals surface area contributed by atoms with E-state index in [4.69, 9.17) is 4.74 Å². The van der Waals surface area contributed by atoms with Gasteiger partial charge in [-0.3, -0.25) is 19.2 Å². The molecule has 0 fully saturated rings. The molecule has 0 heterocycles. The number of aryl methyl sites for hydroxylation is 1. The topological polar surface area (TPSA) is 119 Å². The van der Waals surface area contributed by atoms with E-state index in [1.165, 1.54) is 49.6 Å². The molecule has 3 rings (SSSR count). The zero-order valence-electron chi connectivity index (χ0n) is 17.7. The second-order valence-corrected chi connectivity index (χ2v) is 9.72. The van der Waals surface area contributed by atoms with Crippen molar-refractivity contribution >= 4 is 48.9 Å². The number of carbonyl (C=O) groups is 1. The van der Waals surface area contributed by atoms with E-state index in [-0.39, 0.29) is 16.3 Å². The summed E-state index contributed by atoms with van der Waals surface area (Å²) in [5, 5.41) is 13.5. The van der Waals surface area contributed by atoms with Gasteiger partial charge in [-0.1, -0.05) is 23.8 Å². The Bertz CT molecular complexity index is 1300. The highest BCUT2D eigenvalue weighted by Gasteiger charge is 2.28. The Kier molecular flexibility index (Phi) is 7.34. The van der Waals surface area contributed by atoms with Gasteiger partial charge in [-0.25, -0.2) is 8.42 Å². The molecule has 0 saturated carbocycles. The van der Waals surface area contributed by atoms with Crippen LogP contribution in [0.3, 0.4) is 0 Å². The Hall–Kier alpha value is -3.44. The molecule has 0 aliphatic heterocycles. The summed E-state index contributed by atoms with van der Waals surface area (Å²) in [6.45, 7) is 1.32. The lowest BCUT2D eigenvalue weighted by Crippen LogP contribution is -2.38. The number of anilines is 2. The number of nitrogens with one attached hydrogen (secondary N) is 1. The molecule has 0 radical (unpaired) electrons. The van der Waals surface area contributed by atoms with Crippen molar-refractivity contribution < 1.29 is 22.9 Å². The fourth-order valence-electron chi connectivity index (χ4n) is 2.99. The summed E-state index contributed by atoms with van der Waals surface area (Å²) >= 11 is 3.29. The van der Waals surface area contributed by atoms with Crippen LogP contribution in [0.1, 0.15) is 5.56 Å². The first-order chi connectivity index (χ1) is 15.6. The third-order valence-electron chi connectivity index (χ3n) is 4.66. The molecule has 0 aliphatic rings. The zero-order valence-corrected chi connectivity index (χ0v) is 20.1. The fraction of sp³-hybridized carbons (Fsp3) is 0.136. The van der Waals surface area contributed by atoms with Crippen LogP contribution in [0, 0.1) is 17.0 Å². The maximum absolute atomic E-state index is 13.5. The number of benzene rings is 3. The lowest BCUT2D eigenvalue weighted by molar-refractivity contribution is -0.384. The monoisotopic (exact) mass is 533 g/mol. The number of hydrogen-bond donors (Lipinski definition) is 1. The Balaban J connectivity index is 1.95. The number of nitrogens with zero attached hydrogens (tertiary/aromatic N) is 2. The number of amides is 1. The van der Waals surface area contributed by atoms with Crippen LogP contribution < -0.4 is 14.4 Å². The van der Waals surface area contributed by atoms with Crippen molar-refractivity contribution in [3.05, 3.63) is 86.9 Å². The number of rotatable bonds is 8. The van der Waals surface area contributed by atoms with Crippen molar-refractivity contribution in [3.8, 4) is 5.75 Å². The van der Waals surface area contributed by atoms with Crippen LogP contribution in [-0.2, 0) is 14.8 Å². The number of methoxy groups -OCH3 is 1. The molecular formula is C22H20BrN3O6S. The molecule has 0 atom stereocenters.